The summed E-state index contributed by atoms with van der Waals surface area (Å²) in [5.74, 6) is -2.85. The molecule has 1 aromatic carbocycles. The van der Waals surface area contributed by atoms with E-state index in [-0.39, 0.29) is 21.4 Å². The summed E-state index contributed by atoms with van der Waals surface area (Å²) in [6, 6.07) is 4.51. The Balaban J connectivity index is 2.77. The van der Waals surface area contributed by atoms with Gasteiger partial charge >= 0.3 is 0 Å². The van der Waals surface area contributed by atoms with Gasteiger partial charge in [0.05, 0.1) is 21.8 Å². The molecular formula is C12H4Cl2F2N2O. The lowest BCUT2D eigenvalue weighted by Gasteiger charge is -2.09. The third kappa shape index (κ3) is 2.33. The Morgan fingerprint density at radius 1 is 1.21 bits per heavy atom. The zero-order valence-corrected chi connectivity index (χ0v) is 10.6. The normalized spacial score (nSPS) is 10.3. The number of benzene rings is 1. The van der Waals surface area contributed by atoms with Crippen LogP contribution in [0.25, 0.3) is 11.3 Å². The van der Waals surface area contributed by atoms with Crippen LogP contribution in [0, 0.1) is 23.0 Å². The zero-order chi connectivity index (χ0) is 14.2. The van der Waals surface area contributed by atoms with Gasteiger partial charge < -0.3 is 5.11 Å². The summed E-state index contributed by atoms with van der Waals surface area (Å²) >= 11 is 11.5. The lowest BCUT2D eigenvalue weighted by Crippen LogP contribution is -1.94. The smallest absolute Gasteiger partial charge is 0.165 e. The monoisotopic (exact) mass is 300 g/mol. The first kappa shape index (κ1) is 13.5. The number of pyridine rings is 1. The highest BCUT2D eigenvalue weighted by molar-refractivity contribution is 6.35. The molecule has 0 unspecified atom stereocenters. The third-order valence-corrected chi connectivity index (χ3v) is 2.94. The Labute approximate surface area is 116 Å². The fourth-order valence-electron chi connectivity index (χ4n) is 1.49. The third-order valence-electron chi connectivity index (χ3n) is 2.36. The van der Waals surface area contributed by atoms with Gasteiger partial charge in [0.2, 0.25) is 0 Å². The van der Waals surface area contributed by atoms with Crippen LogP contribution < -0.4 is 0 Å². The second-order valence-corrected chi connectivity index (χ2v) is 4.29. The van der Waals surface area contributed by atoms with E-state index in [1.54, 1.807) is 6.07 Å². The number of halogens is 4. The average Bonchev–Trinajstić information content (AvgIpc) is 2.38. The second-order valence-electron chi connectivity index (χ2n) is 3.52. The number of rotatable bonds is 1. The fourth-order valence-corrected chi connectivity index (χ4v) is 1.91. The molecule has 2 aromatic rings. The van der Waals surface area contributed by atoms with Crippen LogP contribution in [0.3, 0.4) is 0 Å². The highest BCUT2D eigenvalue weighted by atomic mass is 35.5. The molecule has 1 heterocycles. The minimum absolute atomic E-state index is 0.00767. The van der Waals surface area contributed by atoms with E-state index in [1.165, 1.54) is 0 Å². The van der Waals surface area contributed by atoms with Gasteiger partial charge in [-0.15, -0.1) is 0 Å². The molecule has 0 spiro atoms. The van der Waals surface area contributed by atoms with E-state index in [9.17, 15) is 13.9 Å². The van der Waals surface area contributed by atoms with Gasteiger partial charge in [-0.2, -0.15) is 5.26 Å². The molecule has 0 aliphatic carbocycles. The molecular weight excluding hydrogens is 297 g/mol. The summed E-state index contributed by atoms with van der Waals surface area (Å²) in [7, 11) is 0. The van der Waals surface area contributed by atoms with E-state index in [0.717, 1.165) is 18.2 Å². The standard InChI is InChI=1S/C12H4Cl2F2N2O/c13-6-3-5(4-17)12(14)18-10(6)9-7(15)1-2-8(16)11(9)19/h1-3,19H. The number of hydrogen-bond acceptors (Lipinski definition) is 3. The molecule has 3 nitrogen and oxygen atoms in total. The predicted octanol–water partition coefficient (Wildman–Crippen LogP) is 3.91. The maximum absolute atomic E-state index is 13.7. The Kier molecular flexibility index (Phi) is 3.56. The minimum Gasteiger partial charge on any atom is -0.504 e. The summed E-state index contributed by atoms with van der Waals surface area (Å²) in [6.07, 6.45) is 0. The first-order valence-corrected chi connectivity index (χ1v) is 5.64. The molecule has 0 saturated heterocycles. The SMILES string of the molecule is N#Cc1cc(Cl)c(-c2c(F)ccc(F)c2O)nc1Cl. The van der Waals surface area contributed by atoms with E-state index in [2.05, 4.69) is 4.98 Å². The zero-order valence-electron chi connectivity index (χ0n) is 9.09. The highest BCUT2D eigenvalue weighted by Gasteiger charge is 2.20. The van der Waals surface area contributed by atoms with Crippen LogP contribution in [-0.4, -0.2) is 10.1 Å². The lowest BCUT2D eigenvalue weighted by atomic mass is 10.1. The average molecular weight is 301 g/mol. The van der Waals surface area contributed by atoms with Crippen molar-refractivity contribution in [3.8, 4) is 23.1 Å². The molecule has 1 aromatic heterocycles. The summed E-state index contributed by atoms with van der Waals surface area (Å²) < 4.78 is 26.9. The largest absolute Gasteiger partial charge is 0.504 e. The molecule has 0 bridgehead atoms. The van der Waals surface area contributed by atoms with E-state index in [0.29, 0.717) is 0 Å². The van der Waals surface area contributed by atoms with Gasteiger partial charge in [0.25, 0.3) is 0 Å². The first-order valence-electron chi connectivity index (χ1n) is 4.89. The molecule has 19 heavy (non-hydrogen) atoms. The molecule has 0 radical (unpaired) electrons. The summed E-state index contributed by atoms with van der Waals surface area (Å²) in [5.41, 5.74) is -0.747. The van der Waals surface area contributed by atoms with Crippen LogP contribution in [0.4, 0.5) is 8.78 Å². The molecule has 0 amide bonds. The molecule has 0 saturated carbocycles. The van der Waals surface area contributed by atoms with Gasteiger partial charge in [0.15, 0.2) is 11.6 Å². The van der Waals surface area contributed by atoms with Crippen molar-refractivity contribution in [2.24, 2.45) is 0 Å². The molecule has 0 aliphatic rings. The Hall–Kier alpha value is -1.90. The molecule has 0 atom stereocenters. The molecule has 0 fully saturated rings. The van der Waals surface area contributed by atoms with Crippen molar-refractivity contribution in [2.45, 2.75) is 0 Å². The maximum atomic E-state index is 13.7. The van der Waals surface area contributed by atoms with Gasteiger partial charge in [-0.1, -0.05) is 23.2 Å². The number of aromatic nitrogens is 1. The van der Waals surface area contributed by atoms with Crippen LogP contribution in [0.2, 0.25) is 10.2 Å². The fraction of sp³-hybridized carbons (Fsp3) is 0. The van der Waals surface area contributed by atoms with Crippen molar-refractivity contribution in [2.75, 3.05) is 0 Å². The van der Waals surface area contributed by atoms with Crippen molar-refractivity contribution in [3.05, 3.63) is 45.6 Å². The van der Waals surface area contributed by atoms with Gasteiger partial charge in [-0.3, -0.25) is 0 Å². The summed E-state index contributed by atoms with van der Waals surface area (Å²) in [5, 5.41) is 18.0. The first-order chi connectivity index (χ1) is 8.95. The summed E-state index contributed by atoms with van der Waals surface area (Å²) in [4.78, 5) is 3.72. The van der Waals surface area contributed by atoms with Crippen LogP contribution in [0.5, 0.6) is 5.75 Å². The van der Waals surface area contributed by atoms with Crippen LogP contribution in [0.1, 0.15) is 5.56 Å². The van der Waals surface area contributed by atoms with Crippen molar-refractivity contribution in [1.29, 1.82) is 5.26 Å². The van der Waals surface area contributed by atoms with E-state index >= 15 is 0 Å². The second kappa shape index (κ2) is 5.00. The number of phenolic OH excluding ortho intramolecular Hbond substituents is 1. The molecule has 96 valence electrons. The van der Waals surface area contributed by atoms with E-state index < -0.39 is 22.9 Å². The number of nitrogens with zero attached hydrogens (tertiary/aromatic N) is 2. The predicted molar refractivity (Wildman–Crippen MR) is 66.0 cm³/mol. The van der Waals surface area contributed by atoms with Crippen molar-refractivity contribution in [3.63, 3.8) is 0 Å². The number of aromatic hydroxyl groups is 1. The van der Waals surface area contributed by atoms with Crippen molar-refractivity contribution >= 4 is 23.2 Å². The Morgan fingerprint density at radius 3 is 2.47 bits per heavy atom. The minimum atomic E-state index is -1.02. The van der Waals surface area contributed by atoms with E-state index in [1.807, 2.05) is 0 Å². The van der Waals surface area contributed by atoms with Crippen molar-refractivity contribution in [1.82, 2.24) is 4.98 Å². The van der Waals surface area contributed by atoms with Gasteiger partial charge in [-0.25, -0.2) is 13.8 Å². The number of nitriles is 1. The Bertz CT molecular complexity index is 714. The number of phenols is 1. The highest BCUT2D eigenvalue weighted by Crippen LogP contribution is 2.37. The lowest BCUT2D eigenvalue weighted by molar-refractivity contribution is 0.429. The quantitative estimate of drug-likeness (QED) is 0.812. The van der Waals surface area contributed by atoms with Crippen LogP contribution in [-0.2, 0) is 0 Å². The molecule has 1 N–H and O–H groups in total. The summed E-state index contributed by atoms with van der Waals surface area (Å²) in [6.45, 7) is 0. The Morgan fingerprint density at radius 2 is 1.84 bits per heavy atom. The molecule has 7 heteroatoms. The van der Waals surface area contributed by atoms with Crippen LogP contribution >= 0.6 is 23.2 Å². The molecule has 0 aliphatic heterocycles. The molecule has 2 rings (SSSR count). The van der Waals surface area contributed by atoms with E-state index in [4.69, 9.17) is 28.5 Å². The van der Waals surface area contributed by atoms with Crippen molar-refractivity contribution < 1.29 is 13.9 Å². The van der Waals surface area contributed by atoms with Gasteiger partial charge in [0.1, 0.15) is 17.0 Å². The topological polar surface area (TPSA) is 56.9 Å². The number of hydrogen-bond donors (Lipinski definition) is 1. The maximum Gasteiger partial charge on any atom is 0.165 e. The van der Waals surface area contributed by atoms with Crippen LogP contribution in [0.15, 0.2) is 18.2 Å². The van der Waals surface area contributed by atoms with Gasteiger partial charge in [-0.05, 0) is 18.2 Å². The van der Waals surface area contributed by atoms with Gasteiger partial charge in [0, 0.05) is 0 Å².